The Kier molecular flexibility index (Phi) is 3.14. The molecule has 132 valence electrons. The molecule has 0 spiro atoms. The number of hydrogen-bond donors (Lipinski definition) is 0. The highest BCUT2D eigenvalue weighted by atomic mass is 15.5. The first-order valence-electron chi connectivity index (χ1n) is 9.28. The molecule has 4 aromatic carbocycles. The minimum Gasteiger partial charge on any atom is -0.317 e. The van der Waals surface area contributed by atoms with E-state index in [2.05, 4.69) is 88.7 Å². The molecule has 0 saturated carbocycles. The number of nitrogens with zero attached hydrogens (tertiary/aromatic N) is 4. The number of aromatic nitrogens is 4. The van der Waals surface area contributed by atoms with Crippen molar-refractivity contribution in [2.24, 2.45) is 0 Å². The maximum Gasteiger partial charge on any atom is 0.121 e. The predicted octanol–water partition coefficient (Wildman–Crippen LogP) is 5.52. The highest BCUT2D eigenvalue weighted by Crippen LogP contribution is 2.24. The van der Waals surface area contributed by atoms with Crippen molar-refractivity contribution in [2.45, 2.75) is 0 Å². The second-order valence-corrected chi connectivity index (χ2v) is 6.90. The quantitative estimate of drug-likeness (QED) is 0.408. The Bertz CT molecular complexity index is 1460. The number of benzene rings is 4. The van der Waals surface area contributed by atoms with E-state index in [0.717, 1.165) is 27.8 Å². The van der Waals surface area contributed by atoms with Gasteiger partial charge in [0.05, 0.1) is 11.2 Å². The van der Waals surface area contributed by atoms with Crippen LogP contribution in [-0.2, 0) is 0 Å². The standard InChI is InChI=1S/C24H16N4/c1-3-7-21-17(5-1)9-14-22-24(21)26-28(25-22)20-12-10-19(11-13-20)27-16-15-18-6-2-4-8-23(18)27/h1-16H. The highest BCUT2D eigenvalue weighted by molar-refractivity contribution is 6.03. The zero-order valence-corrected chi connectivity index (χ0v) is 15.0. The molecule has 2 aromatic heterocycles. The third-order valence-corrected chi connectivity index (χ3v) is 5.23. The molecule has 4 heteroatoms. The van der Waals surface area contributed by atoms with Crippen molar-refractivity contribution in [1.29, 1.82) is 0 Å². The molecule has 0 atom stereocenters. The topological polar surface area (TPSA) is 35.6 Å². The van der Waals surface area contributed by atoms with Gasteiger partial charge in [0.25, 0.3) is 0 Å². The SMILES string of the molecule is c1ccc2c(c1)ccc1nn(-c3ccc(-n4ccc5ccccc54)cc3)nc12. The van der Waals surface area contributed by atoms with Crippen molar-refractivity contribution in [3.8, 4) is 11.4 Å². The van der Waals surface area contributed by atoms with Crippen LogP contribution >= 0.6 is 0 Å². The molecule has 0 fully saturated rings. The molecule has 0 N–H and O–H groups in total. The summed E-state index contributed by atoms with van der Waals surface area (Å²) in [5.41, 5.74) is 5.09. The normalized spacial score (nSPS) is 11.6. The van der Waals surface area contributed by atoms with Gasteiger partial charge in [0.1, 0.15) is 11.0 Å². The largest absolute Gasteiger partial charge is 0.317 e. The molecule has 28 heavy (non-hydrogen) atoms. The second-order valence-electron chi connectivity index (χ2n) is 6.90. The molecule has 2 heterocycles. The molecule has 0 aliphatic heterocycles. The van der Waals surface area contributed by atoms with E-state index in [9.17, 15) is 0 Å². The Morgan fingerprint density at radius 2 is 1.32 bits per heavy atom. The van der Waals surface area contributed by atoms with Crippen LogP contribution in [0.15, 0.2) is 97.2 Å². The van der Waals surface area contributed by atoms with E-state index >= 15 is 0 Å². The first-order valence-corrected chi connectivity index (χ1v) is 9.28. The summed E-state index contributed by atoms with van der Waals surface area (Å²) in [6, 6.07) is 31.3. The maximum atomic E-state index is 4.75. The van der Waals surface area contributed by atoms with Gasteiger partial charge in [-0.15, -0.1) is 10.2 Å². The van der Waals surface area contributed by atoms with Crippen LogP contribution in [-0.4, -0.2) is 19.6 Å². The Morgan fingerprint density at radius 1 is 0.571 bits per heavy atom. The Balaban J connectivity index is 1.44. The zero-order valence-electron chi connectivity index (χ0n) is 15.0. The smallest absolute Gasteiger partial charge is 0.121 e. The molecular weight excluding hydrogens is 344 g/mol. The average Bonchev–Trinajstić information content (AvgIpc) is 3.38. The van der Waals surface area contributed by atoms with Crippen molar-refractivity contribution >= 4 is 32.7 Å². The maximum absolute atomic E-state index is 4.75. The van der Waals surface area contributed by atoms with Gasteiger partial charge < -0.3 is 4.57 Å². The van der Waals surface area contributed by atoms with Crippen molar-refractivity contribution in [2.75, 3.05) is 0 Å². The van der Waals surface area contributed by atoms with Gasteiger partial charge in [0.15, 0.2) is 0 Å². The Labute approximate surface area is 161 Å². The monoisotopic (exact) mass is 360 g/mol. The van der Waals surface area contributed by atoms with Gasteiger partial charge in [0, 0.05) is 17.3 Å². The minimum atomic E-state index is 0.902. The van der Waals surface area contributed by atoms with E-state index in [4.69, 9.17) is 5.10 Å². The number of fused-ring (bicyclic) bond motifs is 4. The fourth-order valence-corrected chi connectivity index (χ4v) is 3.82. The molecule has 4 nitrogen and oxygen atoms in total. The molecule has 6 aromatic rings. The second kappa shape index (κ2) is 5.79. The molecule has 0 bridgehead atoms. The number of hydrogen-bond acceptors (Lipinski definition) is 2. The van der Waals surface area contributed by atoms with Crippen LogP contribution in [0.25, 0.3) is 44.1 Å². The summed E-state index contributed by atoms with van der Waals surface area (Å²) in [5, 5.41) is 13.0. The highest BCUT2D eigenvalue weighted by Gasteiger charge is 2.09. The molecule has 0 aliphatic carbocycles. The molecule has 0 saturated heterocycles. The van der Waals surface area contributed by atoms with Gasteiger partial charge in [-0.05, 0) is 53.2 Å². The van der Waals surface area contributed by atoms with E-state index in [0.29, 0.717) is 0 Å². The summed E-state index contributed by atoms with van der Waals surface area (Å²) in [4.78, 5) is 1.72. The molecule has 0 radical (unpaired) electrons. The van der Waals surface area contributed by atoms with Gasteiger partial charge >= 0.3 is 0 Å². The minimum absolute atomic E-state index is 0.902. The van der Waals surface area contributed by atoms with Gasteiger partial charge in [-0.3, -0.25) is 0 Å². The molecule has 6 rings (SSSR count). The van der Waals surface area contributed by atoms with Gasteiger partial charge in [-0.2, -0.15) is 4.80 Å². The Hall–Kier alpha value is -3.92. The third-order valence-electron chi connectivity index (χ3n) is 5.23. The van der Waals surface area contributed by atoms with Crippen LogP contribution in [0.1, 0.15) is 0 Å². The van der Waals surface area contributed by atoms with E-state index in [1.165, 1.54) is 16.3 Å². The summed E-state index contributed by atoms with van der Waals surface area (Å²) in [7, 11) is 0. The fraction of sp³-hybridized carbons (Fsp3) is 0. The molecule has 0 unspecified atom stereocenters. The summed E-state index contributed by atoms with van der Waals surface area (Å²) < 4.78 is 2.19. The predicted molar refractivity (Wildman–Crippen MR) is 113 cm³/mol. The average molecular weight is 360 g/mol. The molecular formula is C24H16N4. The third kappa shape index (κ3) is 2.25. The van der Waals surface area contributed by atoms with Gasteiger partial charge in [-0.25, -0.2) is 0 Å². The van der Waals surface area contributed by atoms with Crippen LogP contribution < -0.4 is 0 Å². The zero-order chi connectivity index (χ0) is 18.5. The lowest BCUT2D eigenvalue weighted by atomic mass is 10.1. The lowest BCUT2D eigenvalue weighted by Gasteiger charge is -2.06. The van der Waals surface area contributed by atoms with E-state index in [-0.39, 0.29) is 0 Å². The number of rotatable bonds is 2. The van der Waals surface area contributed by atoms with Crippen LogP contribution in [0, 0.1) is 0 Å². The van der Waals surface area contributed by atoms with Gasteiger partial charge in [-0.1, -0.05) is 48.5 Å². The summed E-state index contributed by atoms with van der Waals surface area (Å²) in [6.07, 6.45) is 2.10. The first kappa shape index (κ1) is 15.2. The van der Waals surface area contributed by atoms with Crippen molar-refractivity contribution in [3.63, 3.8) is 0 Å². The fourth-order valence-electron chi connectivity index (χ4n) is 3.82. The summed E-state index contributed by atoms with van der Waals surface area (Å²) >= 11 is 0. The lowest BCUT2D eigenvalue weighted by Crippen LogP contribution is -1.99. The van der Waals surface area contributed by atoms with Gasteiger partial charge in [0.2, 0.25) is 0 Å². The molecule has 0 amide bonds. The lowest BCUT2D eigenvalue weighted by molar-refractivity contribution is 0.766. The van der Waals surface area contributed by atoms with Crippen LogP contribution in [0.2, 0.25) is 0 Å². The van der Waals surface area contributed by atoms with Crippen molar-refractivity contribution in [3.05, 3.63) is 97.2 Å². The van der Waals surface area contributed by atoms with E-state index < -0.39 is 0 Å². The van der Waals surface area contributed by atoms with Crippen LogP contribution in [0.3, 0.4) is 0 Å². The first-order chi connectivity index (χ1) is 13.9. The number of para-hydroxylation sites is 1. The Morgan fingerprint density at radius 3 is 2.21 bits per heavy atom. The summed E-state index contributed by atoms with van der Waals surface area (Å²) in [6.45, 7) is 0. The van der Waals surface area contributed by atoms with Crippen molar-refractivity contribution < 1.29 is 0 Å². The summed E-state index contributed by atoms with van der Waals surface area (Å²) in [5.74, 6) is 0. The van der Waals surface area contributed by atoms with E-state index in [1.54, 1.807) is 4.80 Å². The molecule has 0 aliphatic rings. The van der Waals surface area contributed by atoms with Crippen LogP contribution in [0.4, 0.5) is 0 Å². The van der Waals surface area contributed by atoms with E-state index in [1.807, 2.05) is 18.2 Å². The van der Waals surface area contributed by atoms with Crippen molar-refractivity contribution in [1.82, 2.24) is 19.6 Å². The van der Waals surface area contributed by atoms with Crippen LogP contribution in [0.5, 0.6) is 0 Å².